The minimum atomic E-state index is -2.70. The SMILES string of the molecule is CC(=O)C[C@@H](C)c1ccc(C2CN(c3ccnc(OCC4CC4(F)F)c3F)C2)cc1. The molecule has 1 aliphatic heterocycles. The van der Waals surface area contributed by atoms with Gasteiger partial charge < -0.3 is 14.4 Å². The van der Waals surface area contributed by atoms with Crippen molar-refractivity contribution >= 4 is 11.5 Å². The minimum absolute atomic E-state index is 0.176. The van der Waals surface area contributed by atoms with Crippen LogP contribution in [0.4, 0.5) is 18.9 Å². The summed E-state index contributed by atoms with van der Waals surface area (Å²) in [6, 6.07) is 9.83. The Kier molecular flexibility index (Phi) is 5.47. The van der Waals surface area contributed by atoms with Crippen LogP contribution < -0.4 is 9.64 Å². The maximum atomic E-state index is 14.7. The van der Waals surface area contributed by atoms with Crippen LogP contribution in [0.1, 0.15) is 49.7 Å². The molecule has 2 heterocycles. The normalized spacial score (nSPS) is 21.1. The highest BCUT2D eigenvalue weighted by molar-refractivity contribution is 5.76. The van der Waals surface area contributed by atoms with E-state index in [4.69, 9.17) is 4.74 Å². The summed E-state index contributed by atoms with van der Waals surface area (Å²) in [6.07, 6.45) is 1.76. The second kappa shape index (κ2) is 7.93. The summed E-state index contributed by atoms with van der Waals surface area (Å²) < 4.78 is 45.9. The topological polar surface area (TPSA) is 42.4 Å². The number of pyridine rings is 1. The van der Waals surface area contributed by atoms with Gasteiger partial charge in [0.05, 0.1) is 18.2 Å². The van der Waals surface area contributed by atoms with Gasteiger partial charge in [0.2, 0.25) is 5.82 Å². The molecule has 0 bridgehead atoms. The third-order valence-corrected chi connectivity index (χ3v) is 6.01. The Morgan fingerprint density at radius 3 is 2.53 bits per heavy atom. The molecule has 2 aliphatic rings. The third-order valence-electron chi connectivity index (χ3n) is 6.01. The highest BCUT2D eigenvalue weighted by Gasteiger charge is 2.57. The van der Waals surface area contributed by atoms with E-state index in [-0.39, 0.29) is 36.5 Å². The molecule has 1 aromatic carbocycles. The fourth-order valence-electron chi connectivity index (χ4n) is 3.92. The molecule has 0 amide bonds. The molecule has 1 aromatic heterocycles. The number of alkyl halides is 2. The van der Waals surface area contributed by atoms with Crippen molar-refractivity contribution in [3.8, 4) is 5.88 Å². The maximum Gasteiger partial charge on any atom is 0.255 e. The molecule has 2 fully saturated rings. The number of hydrogen-bond acceptors (Lipinski definition) is 4. The van der Waals surface area contributed by atoms with Gasteiger partial charge in [-0.1, -0.05) is 31.2 Å². The number of carbonyl (C=O) groups excluding carboxylic acids is 1. The van der Waals surface area contributed by atoms with Crippen LogP contribution in [0.15, 0.2) is 36.5 Å². The largest absolute Gasteiger partial charge is 0.475 e. The van der Waals surface area contributed by atoms with E-state index < -0.39 is 17.7 Å². The number of nitrogens with zero attached hydrogens (tertiary/aromatic N) is 2. The van der Waals surface area contributed by atoms with Crippen molar-refractivity contribution in [1.29, 1.82) is 0 Å². The summed E-state index contributed by atoms with van der Waals surface area (Å²) in [4.78, 5) is 17.1. The lowest BCUT2D eigenvalue weighted by atomic mass is 9.88. The molecule has 1 aliphatic carbocycles. The number of benzene rings is 1. The summed E-state index contributed by atoms with van der Waals surface area (Å²) in [5.41, 5.74) is 2.69. The molecule has 0 spiro atoms. The van der Waals surface area contributed by atoms with E-state index in [0.717, 1.165) is 5.56 Å². The number of carbonyl (C=O) groups is 1. The van der Waals surface area contributed by atoms with Crippen LogP contribution >= 0.6 is 0 Å². The van der Waals surface area contributed by atoms with Crippen molar-refractivity contribution < 1.29 is 22.7 Å². The standard InChI is InChI=1S/C23H25F3N2O2/c1-14(9-15(2)29)16-3-5-17(6-4-16)18-11-28(12-18)20-7-8-27-22(21(20)24)30-13-19-10-23(19,25)26/h3-8,14,18-19H,9-13H2,1-2H3/t14-,19?/m1/s1. The molecule has 30 heavy (non-hydrogen) atoms. The number of Topliss-reactive ketones (excluding diaryl/α,β-unsaturated/α-hetero) is 1. The van der Waals surface area contributed by atoms with Crippen molar-refractivity contribution in [1.82, 2.24) is 4.98 Å². The van der Waals surface area contributed by atoms with Gasteiger partial charge in [-0.05, 0) is 30.0 Å². The van der Waals surface area contributed by atoms with Crippen LogP contribution in [0.3, 0.4) is 0 Å². The Balaban J connectivity index is 1.35. The summed E-state index contributed by atoms with van der Waals surface area (Å²) in [6.45, 7) is 4.73. The van der Waals surface area contributed by atoms with Crippen molar-refractivity contribution in [2.45, 2.75) is 44.4 Å². The molecule has 0 radical (unpaired) electrons. The quantitative estimate of drug-likeness (QED) is 0.609. The zero-order valence-electron chi connectivity index (χ0n) is 17.1. The number of anilines is 1. The Morgan fingerprint density at radius 1 is 1.27 bits per heavy atom. The highest BCUT2D eigenvalue weighted by Crippen LogP contribution is 2.48. The second-order valence-corrected chi connectivity index (χ2v) is 8.50. The van der Waals surface area contributed by atoms with Crippen LogP contribution in [0.5, 0.6) is 5.88 Å². The lowest BCUT2D eigenvalue weighted by molar-refractivity contribution is -0.117. The first-order valence-corrected chi connectivity index (χ1v) is 10.2. The molecular formula is C23H25F3N2O2. The summed E-state index contributed by atoms with van der Waals surface area (Å²) in [5, 5.41) is 0. The van der Waals surface area contributed by atoms with Gasteiger partial charge in [-0.3, -0.25) is 0 Å². The zero-order chi connectivity index (χ0) is 21.5. The van der Waals surface area contributed by atoms with Gasteiger partial charge in [0.25, 0.3) is 11.8 Å². The molecule has 4 nitrogen and oxygen atoms in total. The average molecular weight is 418 g/mol. The van der Waals surface area contributed by atoms with Gasteiger partial charge in [0.15, 0.2) is 0 Å². The summed E-state index contributed by atoms with van der Waals surface area (Å²) in [7, 11) is 0. The van der Waals surface area contributed by atoms with Crippen molar-refractivity contribution in [2.75, 3.05) is 24.6 Å². The molecule has 2 atom stereocenters. The highest BCUT2D eigenvalue weighted by atomic mass is 19.3. The molecule has 1 saturated carbocycles. The van der Waals surface area contributed by atoms with E-state index in [0.29, 0.717) is 25.2 Å². The minimum Gasteiger partial charge on any atom is -0.475 e. The lowest BCUT2D eigenvalue weighted by Crippen LogP contribution is -2.45. The monoisotopic (exact) mass is 418 g/mol. The number of halogens is 3. The molecular weight excluding hydrogens is 393 g/mol. The van der Waals surface area contributed by atoms with E-state index >= 15 is 0 Å². The third kappa shape index (κ3) is 4.30. The summed E-state index contributed by atoms with van der Waals surface area (Å²) in [5.74, 6) is -3.72. The number of aromatic nitrogens is 1. The van der Waals surface area contributed by atoms with E-state index in [2.05, 4.69) is 29.2 Å². The Labute approximate surface area is 174 Å². The van der Waals surface area contributed by atoms with Crippen LogP contribution in [0.25, 0.3) is 0 Å². The molecule has 4 rings (SSSR count). The molecule has 0 N–H and O–H groups in total. The van der Waals surface area contributed by atoms with Gasteiger partial charge in [-0.15, -0.1) is 0 Å². The van der Waals surface area contributed by atoms with Gasteiger partial charge in [0, 0.05) is 38.0 Å². The number of ketones is 1. The van der Waals surface area contributed by atoms with E-state index in [1.165, 1.54) is 11.8 Å². The number of ether oxygens (including phenoxy) is 1. The summed E-state index contributed by atoms with van der Waals surface area (Å²) >= 11 is 0. The van der Waals surface area contributed by atoms with Gasteiger partial charge in [-0.25, -0.2) is 13.8 Å². The molecule has 7 heteroatoms. The second-order valence-electron chi connectivity index (χ2n) is 8.50. The predicted octanol–water partition coefficient (Wildman–Crippen LogP) is 4.94. The fraction of sp³-hybridized carbons (Fsp3) is 0.478. The van der Waals surface area contributed by atoms with Gasteiger partial charge in [0.1, 0.15) is 5.78 Å². The van der Waals surface area contributed by atoms with Crippen LogP contribution in [0, 0.1) is 11.7 Å². The first kappa shape index (κ1) is 20.7. The number of rotatable bonds is 8. The maximum absolute atomic E-state index is 14.7. The van der Waals surface area contributed by atoms with Crippen molar-refractivity contribution in [3.05, 3.63) is 53.5 Å². The smallest absolute Gasteiger partial charge is 0.255 e. The van der Waals surface area contributed by atoms with Gasteiger partial charge in [-0.2, -0.15) is 4.39 Å². The van der Waals surface area contributed by atoms with Crippen molar-refractivity contribution in [3.63, 3.8) is 0 Å². The average Bonchev–Trinajstić information content (AvgIpc) is 3.27. The number of hydrogen-bond donors (Lipinski definition) is 0. The van der Waals surface area contributed by atoms with E-state index in [1.807, 2.05) is 11.8 Å². The lowest BCUT2D eigenvalue weighted by Gasteiger charge is -2.41. The van der Waals surface area contributed by atoms with Crippen molar-refractivity contribution in [2.24, 2.45) is 5.92 Å². The first-order valence-electron chi connectivity index (χ1n) is 10.2. The zero-order valence-corrected chi connectivity index (χ0v) is 17.1. The molecule has 2 aromatic rings. The predicted molar refractivity (Wildman–Crippen MR) is 108 cm³/mol. The van der Waals surface area contributed by atoms with Crippen LogP contribution in [-0.4, -0.2) is 36.4 Å². The first-order chi connectivity index (χ1) is 14.2. The molecule has 160 valence electrons. The Morgan fingerprint density at radius 2 is 1.93 bits per heavy atom. The molecule has 1 saturated heterocycles. The fourth-order valence-corrected chi connectivity index (χ4v) is 3.92. The molecule has 1 unspecified atom stereocenters. The Hall–Kier alpha value is -2.57. The van der Waals surface area contributed by atoms with Crippen LogP contribution in [-0.2, 0) is 4.79 Å². The van der Waals surface area contributed by atoms with E-state index in [1.54, 1.807) is 13.0 Å². The van der Waals surface area contributed by atoms with E-state index in [9.17, 15) is 18.0 Å². The van der Waals surface area contributed by atoms with Crippen LogP contribution in [0.2, 0.25) is 0 Å². The Bertz CT molecular complexity index is 927. The van der Waals surface area contributed by atoms with Gasteiger partial charge >= 0.3 is 0 Å².